The number of primary amides is 1. The molecule has 0 bridgehead atoms. The van der Waals surface area contributed by atoms with Crippen molar-refractivity contribution < 1.29 is 47.6 Å². The zero-order valence-electron chi connectivity index (χ0n) is 34.8. The van der Waals surface area contributed by atoms with Gasteiger partial charge in [-0.3, -0.25) is 19.2 Å². The van der Waals surface area contributed by atoms with Crippen LogP contribution in [0.5, 0.6) is 11.5 Å². The van der Waals surface area contributed by atoms with E-state index in [2.05, 4.69) is 87.8 Å². The molecule has 1 aromatic carbocycles. The first kappa shape index (κ1) is 50.2. The molecule has 0 spiro atoms. The van der Waals surface area contributed by atoms with Gasteiger partial charge in [0.25, 0.3) is 0 Å². The molecule has 2 aliphatic rings. The van der Waals surface area contributed by atoms with Crippen LogP contribution in [0.15, 0.2) is 91.1 Å². The summed E-state index contributed by atoms with van der Waals surface area (Å²) in [7, 11) is 2.45. The lowest BCUT2D eigenvalue weighted by Crippen LogP contribution is -2.47. The number of aliphatic hydroxyl groups is 2. The monoisotopic (exact) mass is 873 g/mol. The lowest BCUT2D eigenvalue weighted by molar-refractivity contribution is -0.286. The number of ketones is 1. The van der Waals surface area contributed by atoms with Crippen LogP contribution < -0.4 is 25.8 Å². The van der Waals surface area contributed by atoms with Gasteiger partial charge >= 0.3 is 6.29 Å². The summed E-state index contributed by atoms with van der Waals surface area (Å²) in [6.07, 6.45) is 27.0. The molecule has 3 amide bonds. The van der Waals surface area contributed by atoms with E-state index in [1.807, 2.05) is 12.2 Å². The number of nitrogens with one attached hydrogen (secondary N) is 2. The molecule has 60 heavy (non-hydrogen) atoms. The highest BCUT2D eigenvalue weighted by Gasteiger charge is 2.54. The SMILES string of the molecule is CC/C=C\C/C=C\C/C=C\C/C=C\C/C=C\C/C=C\CCC(=O)N[C@@H](CSSC(C)(C)[C@H](CC(=O)C1(c2ccc3c(c2)OC(F)(F)O3)CC1)C(=O)NC[C@@H](O)CO)C(N)=O. The molecule has 1 aliphatic carbocycles. The molecule has 0 radical (unpaired) electrons. The normalized spacial score (nSPS) is 17.3. The van der Waals surface area contributed by atoms with Gasteiger partial charge < -0.3 is 36.1 Å². The van der Waals surface area contributed by atoms with E-state index in [0.29, 0.717) is 24.8 Å². The van der Waals surface area contributed by atoms with Crippen LogP contribution in [0, 0.1) is 5.92 Å². The number of aliphatic hydroxyl groups excluding tert-OH is 2. The molecule has 6 N–H and O–H groups in total. The van der Waals surface area contributed by atoms with Gasteiger partial charge in [0.2, 0.25) is 17.7 Å². The first-order valence-corrected chi connectivity index (χ1v) is 22.8. The average Bonchev–Trinajstić information content (AvgIpc) is 3.95. The predicted molar refractivity (Wildman–Crippen MR) is 235 cm³/mol. The Morgan fingerprint density at radius 2 is 1.43 bits per heavy atom. The Labute approximate surface area is 360 Å². The van der Waals surface area contributed by atoms with E-state index in [1.165, 1.54) is 33.7 Å². The number of ether oxygens (including phenoxy) is 2. The van der Waals surface area contributed by atoms with Crippen molar-refractivity contribution >= 4 is 45.1 Å². The van der Waals surface area contributed by atoms with Crippen molar-refractivity contribution in [2.24, 2.45) is 11.7 Å². The van der Waals surface area contributed by atoms with Crippen molar-refractivity contribution in [3.63, 3.8) is 0 Å². The van der Waals surface area contributed by atoms with Crippen molar-refractivity contribution in [1.82, 2.24) is 10.6 Å². The molecule has 3 atom stereocenters. The minimum atomic E-state index is -3.81. The van der Waals surface area contributed by atoms with Crippen LogP contribution >= 0.6 is 21.6 Å². The minimum Gasteiger partial charge on any atom is -0.395 e. The van der Waals surface area contributed by atoms with E-state index in [-0.39, 0.29) is 48.3 Å². The number of Topliss-reactive ketones (excluding diaryl/α,β-unsaturated/α-hetero) is 1. The molecule has 1 aromatic rings. The zero-order valence-corrected chi connectivity index (χ0v) is 36.4. The van der Waals surface area contributed by atoms with Gasteiger partial charge in [-0.15, -0.1) is 8.78 Å². The lowest BCUT2D eigenvalue weighted by Gasteiger charge is -2.33. The van der Waals surface area contributed by atoms with Gasteiger partial charge in [0.15, 0.2) is 11.5 Å². The van der Waals surface area contributed by atoms with Crippen molar-refractivity contribution in [3.05, 3.63) is 96.7 Å². The molecule has 1 saturated carbocycles. The molecule has 1 heterocycles. The number of amides is 3. The number of fused-ring (bicyclic) bond motifs is 1. The molecule has 15 heteroatoms. The molecular formula is C45H61F2N3O8S2. The molecule has 0 saturated heterocycles. The zero-order chi connectivity index (χ0) is 44.0. The molecule has 1 aliphatic heterocycles. The van der Waals surface area contributed by atoms with E-state index >= 15 is 0 Å². The second-order valence-electron chi connectivity index (χ2n) is 15.1. The number of hydrogen-bond donors (Lipinski definition) is 5. The second kappa shape index (κ2) is 25.6. The summed E-state index contributed by atoms with van der Waals surface area (Å²) in [5.41, 5.74) is 5.10. The number of carbonyl (C=O) groups excluding carboxylic acids is 4. The van der Waals surface area contributed by atoms with Crippen LogP contribution in [0.1, 0.15) is 97.0 Å². The quantitative estimate of drug-likeness (QED) is 0.0396. The number of rotatable bonds is 29. The van der Waals surface area contributed by atoms with Gasteiger partial charge in [-0.25, -0.2) is 0 Å². The molecular weight excluding hydrogens is 813 g/mol. The number of alkyl halides is 2. The van der Waals surface area contributed by atoms with Gasteiger partial charge in [0.1, 0.15) is 11.8 Å². The number of hydrogen-bond acceptors (Lipinski definition) is 10. The Hall–Kier alpha value is -4.18. The van der Waals surface area contributed by atoms with E-state index in [0.717, 1.165) is 38.5 Å². The summed E-state index contributed by atoms with van der Waals surface area (Å²) < 4.78 is 35.5. The number of carbonyl (C=O) groups is 4. The van der Waals surface area contributed by atoms with Crippen molar-refractivity contribution in [3.8, 4) is 11.5 Å². The standard InChI is InChI=1S/C45H61F2N3O8S2/c1-4-5-6-7-8-9-10-11-12-13-14-15-16-17-18-19-20-21-22-23-40(54)50-36(41(48)55)32-59-60-43(2,3)35(42(56)49-30-34(52)31-51)29-39(53)44(26-27-44)33-24-25-37-38(28-33)58-45(46,47)57-37/h5-6,8-9,11-12,14-15,17-18,20-21,24-25,28,34-36,51-52H,4,7,10,13,16,19,22-23,26-27,29-32H2,1-3H3,(H2,48,55)(H,49,56)(H,50,54)/b6-5-,9-8-,12-11-,15-14-,18-17-,21-20-/t34-,35-,36+/m1/s1. The van der Waals surface area contributed by atoms with E-state index < -0.39 is 52.9 Å². The minimum absolute atomic E-state index is 0.0896. The Kier molecular flexibility index (Phi) is 21.4. The molecule has 0 aromatic heterocycles. The van der Waals surface area contributed by atoms with Gasteiger partial charge in [-0.05, 0) is 89.3 Å². The summed E-state index contributed by atoms with van der Waals surface area (Å²) in [4.78, 5) is 52.5. The van der Waals surface area contributed by atoms with Crippen LogP contribution in [0.25, 0.3) is 0 Å². The first-order valence-electron chi connectivity index (χ1n) is 20.4. The van der Waals surface area contributed by atoms with E-state index in [4.69, 9.17) is 5.73 Å². The van der Waals surface area contributed by atoms with Gasteiger partial charge in [0, 0.05) is 29.9 Å². The predicted octanol–water partition coefficient (Wildman–Crippen LogP) is 7.69. The molecule has 11 nitrogen and oxygen atoms in total. The van der Waals surface area contributed by atoms with Crippen LogP contribution in [0.2, 0.25) is 0 Å². The fourth-order valence-electron chi connectivity index (χ4n) is 6.17. The van der Waals surface area contributed by atoms with Crippen molar-refractivity contribution in [2.45, 2.75) is 120 Å². The third-order valence-electron chi connectivity index (χ3n) is 9.83. The van der Waals surface area contributed by atoms with Gasteiger partial charge in [-0.1, -0.05) is 107 Å². The summed E-state index contributed by atoms with van der Waals surface area (Å²) >= 11 is 0. The fourth-order valence-corrected chi connectivity index (χ4v) is 9.10. The van der Waals surface area contributed by atoms with E-state index in [9.17, 15) is 38.2 Å². The topological polar surface area (TPSA) is 177 Å². The Balaban J connectivity index is 1.45. The summed E-state index contributed by atoms with van der Waals surface area (Å²) in [6, 6.07) is 3.25. The van der Waals surface area contributed by atoms with Crippen LogP contribution in [0.3, 0.4) is 0 Å². The summed E-state index contributed by atoms with van der Waals surface area (Å²) in [5, 5.41) is 24.4. The summed E-state index contributed by atoms with van der Waals surface area (Å²) in [5.74, 6) is -3.05. The second-order valence-corrected chi connectivity index (χ2v) is 18.1. The molecule has 3 rings (SSSR count). The molecule has 330 valence electrons. The highest BCUT2D eigenvalue weighted by Crippen LogP contribution is 2.54. The highest BCUT2D eigenvalue weighted by atomic mass is 33.1. The maximum atomic E-state index is 13.9. The third-order valence-corrected chi connectivity index (χ3v) is 13.2. The number of halogens is 2. The van der Waals surface area contributed by atoms with Crippen LogP contribution in [-0.2, 0) is 24.6 Å². The molecule has 0 unspecified atom stereocenters. The Bertz CT molecular complexity index is 1760. The Morgan fingerprint density at radius 3 is 1.97 bits per heavy atom. The number of nitrogens with two attached hydrogens (primary N) is 1. The van der Waals surface area contributed by atoms with Crippen LogP contribution in [0.4, 0.5) is 8.78 Å². The maximum absolute atomic E-state index is 13.9. The smallest absolute Gasteiger partial charge is 0.395 e. The first-order chi connectivity index (χ1) is 28.6. The number of allylic oxidation sites excluding steroid dienone is 12. The lowest BCUT2D eigenvalue weighted by atomic mass is 9.81. The van der Waals surface area contributed by atoms with E-state index in [1.54, 1.807) is 19.9 Å². The van der Waals surface area contributed by atoms with Crippen molar-refractivity contribution in [1.29, 1.82) is 0 Å². The van der Waals surface area contributed by atoms with Crippen LogP contribution in [-0.4, -0.2) is 75.8 Å². The fraction of sp³-hybridized carbons (Fsp3) is 0.511. The maximum Gasteiger partial charge on any atom is 0.586 e. The summed E-state index contributed by atoms with van der Waals surface area (Å²) in [6.45, 7) is 4.82. The van der Waals surface area contributed by atoms with Gasteiger partial charge in [-0.2, -0.15) is 0 Å². The van der Waals surface area contributed by atoms with Crippen molar-refractivity contribution in [2.75, 3.05) is 18.9 Å². The molecule has 1 fully saturated rings. The van der Waals surface area contributed by atoms with Gasteiger partial charge in [0.05, 0.1) is 24.0 Å². The highest BCUT2D eigenvalue weighted by molar-refractivity contribution is 8.77. The average molecular weight is 874 g/mol. The third kappa shape index (κ3) is 17.4. The largest absolute Gasteiger partial charge is 0.586 e. The Morgan fingerprint density at radius 1 is 0.883 bits per heavy atom. The number of benzene rings is 1.